The number of nitrogens with one attached hydrogen (secondary N) is 2. The fourth-order valence-corrected chi connectivity index (χ4v) is 4.56. The predicted octanol–water partition coefficient (Wildman–Crippen LogP) is 4.26. The van der Waals surface area contributed by atoms with Gasteiger partial charge in [-0.05, 0) is 68.1 Å². The number of urea groups is 1. The molecule has 3 aromatic rings. The number of benzene rings is 3. The van der Waals surface area contributed by atoms with Crippen molar-refractivity contribution in [2.45, 2.75) is 38.8 Å². The van der Waals surface area contributed by atoms with Crippen LogP contribution in [-0.2, 0) is 16.0 Å². The molecule has 8 heteroatoms. The van der Waals surface area contributed by atoms with Crippen LogP contribution in [-0.4, -0.2) is 42.1 Å². The maximum Gasteiger partial charge on any atom is 0.319 e. The van der Waals surface area contributed by atoms with Gasteiger partial charge in [-0.25, -0.2) is 4.79 Å². The number of para-hydroxylation sites is 2. The van der Waals surface area contributed by atoms with Crippen LogP contribution in [0.25, 0.3) is 0 Å². The molecule has 4 amide bonds. The molecule has 1 heterocycles. The Hall–Kier alpha value is -4.17. The van der Waals surface area contributed by atoms with Gasteiger partial charge in [0.25, 0.3) is 0 Å². The molecular weight excluding hydrogens is 468 g/mol. The maximum absolute atomic E-state index is 13.7. The smallest absolute Gasteiger partial charge is 0.319 e. The largest absolute Gasteiger partial charge is 0.389 e. The van der Waals surface area contributed by atoms with Crippen LogP contribution in [0.3, 0.4) is 0 Å². The van der Waals surface area contributed by atoms with Gasteiger partial charge in [0.1, 0.15) is 6.04 Å². The Morgan fingerprint density at radius 3 is 2.46 bits per heavy atom. The molecule has 0 spiro atoms. The van der Waals surface area contributed by atoms with Crippen LogP contribution in [0.2, 0.25) is 0 Å². The summed E-state index contributed by atoms with van der Waals surface area (Å²) < 4.78 is 0. The highest BCUT2D eigenvalue weighted by molar-refractivity contribution is 6.07. The molecule has 192 valence electrons. The Morgan fingerprint density at radius 2 is 1.70 bits per heavy atom. The molecule has 3 N–H and O–H groups in total. The van der Waals surface area contributed by atoms with E-state index in [2.05, 4.69) is 10.6 Å². The van der Waals surface area contributed by atoms with E-state index in [4.69, 9.17) is 0 Å². The number of amides is 4. The first-order valence-corrected chi connectivity index (χ1v) is 12.4. The third-order valence-electron chi connectivity index (χ3n) is 6.45. The molecule has 8 nitrogen and oxygen atoms in total. The van der Waals surface area contributed by atoms with Gasteiger partial charge in [-0.2, -0.15) is 0 Å². The van der Waals surface area contributed by atoms with Gasteiger partial charge in [-0.3, -0.25) is 14.5 Å². The summed E-state index contributed by atoms with van der Waals surface area (Å²) in [5, 5.41) is 15.0. The first kappa shape index (κ1) is 25.9. The van der Waals surface area contributed by atoms with Gasteiger partial charge in [-0.15, -0.1) is 0 Å². The molecule has 1 aliphatic heterocycles. The number of nitrogens with zero attached hydrogens (tertiary/aromatic N) is 2. The highest BCUT2D eigenvalue weighted by Crippen LogP contribution is 2.28. The van der Waals surface area contributed by atoms with Crippen molar-refractivity contribution in [3.05, 3.63) is 90.0 Å². The van der Waals surface area contributed by atoms with Crippen molar-refractivity contribution < 1.29 is 19.5 Å². The van der Waals surface area contributed by atoms with E-state index in [1.165, 1.54) is 4.90 Å². The van der Waals surface area contributed by atoms with E-state index in [-0.39, 0.29) is 12.5 Å². The summed E-state index contributed by atoms with van der Waals surface area (Å²) >= 11 is 0. The molecule has 0 saturated carbocycles. The van der Waals surface area contributed by atoms with E-state index in [0.29, 0.717) is 23.5 Å². The maximum atomic E-state index is 13.7. The average Bonchev–Trinajstić information content (AvgIpc) is 2.92. The first-order valence-electron chi connectivity index (χ1n) is 12.4. The van der Waals surface area contributed by atoms with E-state index in [0.717, 1.165) is 24.1 Å². The summed E-state index contributed by atoms with van der Waals surface area (Å²) in [5.74, 6) is -0.589. The zero-order valence-electron chi connectivity index (χ0n) is 21.1. The quantitative estimate of drug-likeness (QED) is 0.451. The molecule has 37 heavy (non-hydrogen) atoms. The number of aliphatic hydroxyl groups excluding tert-OH is 1. The number of carbonyl (C=O) groups excluding carboxylic acids is 3. The lowest BCUT2D eigenvalue weighted by molar-refractivity contribution is -0.124. The number of aryl methyl sites for hydroxylation is 1. The van der Waals surface area contributed by atoms with E-state index in [9.17, 15) is 19.5 Å². The average molecular weight is 501 g/mol. The van der Waals surface area contributed by atoms with Crippen LogP contribution in [0.15, 0.2) is 78.9 Å². The SMILES string of the molecule is CC(O)c1cccc(NC(=O)NCC(=O)N(c2ccccc2)C(C)C(=O)N2CCCc3ccccc32)c1. The summed E-state index contributed by atoms with van der Waals surface area (Å²) in [6, 6.07) is 22.3. The van der Waals surface area contributed by atoms with Crippen LogP contribution in [0.5, 0.6) is 0 Å². The van der Waals surface area contributed by atoms with Gasteiger partial charge in [0.05, 0.1) is 12.6 Å². The zero-order chi connectivity index (χ0) is 26.4. The molecule has 0 saturated heterocycles. The Balaban J connectivity index is 1.48. The second kappa shape index (κ2) is 11.7. The molecule has 2 unspecified atom stereocenters. The highest BCUT2D eigenvalue weighted by Gasteiger charge is 2.33. The first-order chi connectivity index (χ1) is 17.8. The van der Waals surface area contributed by atoms with Crippen molar-refractivity contribution in [3.8, 4) is 0 Å². The summed E-state index contributed by atoms with van der Waals surface area (Å²) in [7, 11) is 0. The van der Waals surface area contributed by atoms with Gasteiger partial charge in [0.2, 0.25) is 11.8 Å². The van der Waals surface area contributed by atoms with E-state index in [1.807, 2.05) is 30.3 Å². The predicted molar refractivity (Wildman–Crippen MR) is 145 cm³/mol. The van der Waals surface area contributed by atoms with E-state index < -0.39 is 24.1 Å². The molecule has 2 atom stereocenters. The number of fused-ring (bicyclic) bond motifs is 1. The monoisotopic (exact) mass is 500 g/mol. The number of rotatable bonds is 7. The van der Waals surface area contributed by atoms with Crippen LogP contribution >= 0.6 is 0 Å². The third-order valence-corrected chi connectivity index (χ3v) is 6.45. The molecule has 1 aliphatic rings. The van der Waals surface area contributed by atoms with Crippen LogP contribution < -0.4 is 20.4 Å². The lowest BCUT2D eigenvalue weighted by Gasteiger charge is -2.35. The molecule has 0 fully saturated rings. The van der Waals surface area contributed by atoms with E-state index >= 15 is 0 Å². The molecule has 0 aliphatic carbocycles. The third kappa shape index (κ3) is 6.16. The molecule has 4 rings (SSSR count). The molecule has 3 aromatic carbocycles. The van der Waals surface area contributed by atoms with Crippen molar-refractivity contribution in [1.29, 1.82) is 0 Å². The minimum atomic E-state index is -0.784. The molecule has 0 bridgehead atoms. The zero-order valence-corrected chi connectivity index (χ0v) is 21.1. The van der Waals surface area contributed by atoms with Crippen molar-refractivity contribution in [1.82, 2.24) is 5.32 Å². The van der Waals surface area contributed by atoms with Crippen molar-refractivity contribution in [2.75, 3.05) is 28.2 Å². The fourth-order valence-electron chi connectivity index (χ4n) is 4.56. The van der Waals surface area contributed by atoms with Crippen molar-refractivity contribution in [3.63, 3.8) is 0 Å². The fraction of sp³-hybridized carbons (Fsp3) is 0.276. The lowest BCUT2D eigenvalue weighted by atomic mass is 10.0. The van der Waals surface area contributed by atoms with Crippen LogP contribution in [0, 0.1) is 0 Å². The number of hydrogen-bond donors (Lipinski definition) is 3. The second-order valence-electron chi connectivity index (χ2n) is 9.11. The van der Waals surface area contributed by atoms with Crippen LogP contribution in [0.4, 0.5) is 21.9 Å². The van der Waals surface area contributed by atoms with Crippen molar-refractivity contribution in [2.24, 2.45) is 0 Å². The Kier molecular flexibility index (Phi) is 8.20. The molecular formula is C29H32N4O4. The lowest BCUT2D eigenvalue weighted by Crippen LogP contribution is -2.53. The van der Waals surface area contributed by atoms with Crippen molar-refractivity contribution >= 4 is 34.9 Å². The number of aliphatic hydroxyl groups is 1. The molecule has 0 radical (unpaired) electrons. The Morgan fingerprint density at radius 1 is 0.973 bits per heavy atom. The van der Waals surface area contributed by atoms with Gasteiger partial charge >= 0.3 is 6.03 Å². The number of carbonyl (C=O) groups is 3. The van der Waals surface area contributed by atoms with Gasteiger partial charge in [0.15, 0.2) is 0 Å². The topological polar surface area (TPSA) is 102 Å². The summed E-state index contributed by atoms with van der Waals surface area (Å²) in [6.07, 6.45) is 1.10. The Bertz CT molecular complexity index is 1260. The molecule has 0 aromatic heterocycles. The van der Waals surface area contributed by atoms with Gasteiger partial charge in [-0.1, -0.05) is 48.5 Å². The van der Waals surface area contributed by atoms with E-state index in [1.54, 1.807) is 67.3 Å². The van der Waals surface area contributed by atoms with Crippen LogP contribution in [0.1, 0.15) is 37.5 Å². The number of anilines is 3. The summed E-state index contributed by atoms with van der Waals surface area (Å²) in [6.45, 7) is 3.64. The second-order valence-corrected chi connectivity index (χ2v) is 9.11. The standard InChI is InChI=1S/C29H32N4O4/c1-20(28(36)32-17-9-12-22-10-6-7-16-26(22)32)33(25-14-4-3-5-15-25)27(35)19-30-29(37)31-24-13-8-11-23(18-24)21(2)34/h3-8,10-11,13-16,18,20-21,34H,9,12,17,19H2,1-2H3,(H2,30,31,37). The normalized spacial score (nSPS) is 14.2. The summed E-state index contributed by atoms with van der Waals surface area (Å²) in [5.41, 5.74) is 3.73. The highest BCUT2D eigenvalue weighted by atomic mass is 16.3. The van der Waals surface area contributed by atoms with Gasteiger partial charge < -0.3 is 20.6 Å². The number of hydrogen-bond acceptors (Lipinski definition) is 4. The van der Waals surface area contributed by atoms with Gasteiger partial charge in [0, 0.05) is 23.6 Å². The Labute approximate surface area is 216 Å². The minimum absolute atomic E-state index is 0.177. The minimum Gasteiger partial charge on any atom is -0.389 e. The summed E-state index contributed by atoms with van der Waals surface area (Å²) in [4.78, 5) is 42.8.